The van der Waals surface area contributed by atoms with Crippen molar-refractivity contribution >= 4 is 17.4 Å². The van der Waals surface area contributed by atoms with E-state index in [-0.39, 0.29) is 17.5 Å². The highest BCUT2D eigenvalue weighted by molar-refractivity contribution is 7.09. The second-order valence-electron chi connectivity index (χ2n) is 6.53. The van der Waals surface area contributed by atoms with Gasteiger partial charge in [-0.1, -0.05) is 20.8 Å². The van der Waals surface area contributed by atoms with Crippen molar-refractivity contribution < 1.29 is 4.79 Å². The molecule has 2 heterocycles. The summed E-state index contributed by atoms with van der Waals surface area (Å²) in [6, 6.07) is 3.58. The van der Waals surface area contributed by atoms with Gasteiger partial charge in [0.15, 0.2) is 0 Å². The summed E-state index contributed by atoms with van der Waals surface area (Å²) in [6.07, 6.45) is 4.19. The molecule has 2 N–H and O–H groups in total. The summed E-state index contributed by atoms with van der Waals surface area (Å²) in [5.41, 5.74) is 2.21. The van der Waals surface area contributed by atoms with Crippen LogP contribution in [0.2, 0.25) is 0 Å². The third-order valence-corrected chi connectivity index (χ3v) is 4.41. The van der Waals surface area contributed by atoms with Gasteiger partial charge in [-0.15, -0.1) is 11.3 Å². The predicted octanol–water partition coefficient (Wildman–Crippen LogP) is 3.44. The van der Waals surface area contributed by atoms with E-state index in [9.17, 15) is 4.79 Å². The SMILES string of the molecule is C[C@@H](NC(=O)NCCc1nc(C(C)(C)C)cs1)c1ccncc1. The lowest BCUT2D eigenvalue weighted by Gasteiger charge is -2.15. The molecule has 124 valence electrons. The van der Waals surface area contributed by atoms with Gasteiger partial charge < -0.3 is 10.6 Å². The van der Waals surface area contributed by atoms with Gasteiger partial charge in [-0.3, -0.25) is 4.98 Å². The molecule has 2 rings (SSSR count). The van der Waals surface area contributed by atoms with E-state index in [0.717, 1.165) is 22.7 Å². The molecule has 2 amide bonds. The zero-order chi connectivity index (χ0) is 16.9. The normalized spacial score (nSPS) is 12.7. The van der Waals surface area contributed by atoms with Gasteiger partial charge in [-0.05, 0) is 24.6 Å². The number of nitrogens with one attached hydrogen (secondary N) is 2. The first-order valence-electron chi connectivity index (χ1n) is 7.75. The Kier molecular flexibility index (Phi) is 5.71. The highest BCUT2D eigenvalue weighted by atomic mass is 32.1. The Hall–Kier alpha value is -1.95. The maximum Gasteiger partial charge on any atom is 0.315 e. The van der Waals surface area contributed by atoms with Crippen molar-refractivity contribution in [2.24, 2.45) is 0 Å². The van der Waals surface area contributed by atoms with E-state index in [1.165, 1.54) is 0 Å². The fourth-order valence-corrected chi connectivity index (χ4v) is 3.06. The number of rotatable bonds is 5. The molecule has 0 aliphatic carbocycles. The number of carbonyl (C=O) groups excluding carboxylic acids is 1. The maximum absolute atomic E-state index is 11.9. The van der Waals surface area contributed by atoms with Crippen LogP contribution in [0.1, 0.15) is 50.0 Å². The number of pyridine rings is 1. The first-order chi connectivity index (χ1) is 10.9. The van der Waals surface area contributed by atoms with Crippen LogP contribution in [-0.4, -0.2) is 22.5 Å². The smallest absolute Gasteiger partial charge is 0.315 e. The lowest BCUT2D eigenvalue weighted by Crippen LogP contribution is -2.38. The number of thiazole rings is 1. The number of amides is 2. The number of hydrogen-bond donors (Lipinski definition) is 2. The van der Waals surface area contributed by atoms with E-state index in [0.29, 0.717) is 6.54 Å². The van der Waals surface area contributed by atoms with Crippen molar-refractivity contribution in [2.45, 2.75) is 45.6 Å². The number of carbonyl (C=O) groups is 1. The second-order valence-corrected chi connectivity index (χ2v) is 7.47. The molecule has 2 aromatic rings. The Morgan fingerprint density at radius 3 is 2.61 bits per heavy atom. The molecule has 2 aromatic heterocycles. The van der Waals surface area contributed by atoms with Gasteiger partial charge in [-0.25, -0.2) is 9.78 Å². The van der Waals surface area contributed by atoms with Gasteiger partial charge in [0.2, 0.25) is 0 Å². The molecule has 0 bridgehead atoms. The highest BCUT2D eigenvalue weighted by Gasteiger charge is 2.17. The van der Waals surface area contributed by atoms with Crippen LogP contribution in [0.25, 0.3) is 0 Å². The van der Waals surface area contributed by atoms with E-state index >= 15 is 0 Å². The number of nitrogens with zero attached hydrogens (tertiary/aromatic N) is 2. The second kappa shape index (κ2) is 7.55. The molecule has 0 spiro atoms. The van der Waals surface area contributed by atoms with Crippen LogP contribution in [0.3, 0.4) is 0 Å². The largest absolute Gasteiger partial charge is 0.338 e. The Bertz CT molecular complexity index is 634. The zero-order valence-electron chi connectivity index (χ0n) is 14.1. The minimum absolute atomic E-state index is 0.0506. The van der Waals surface area contributed by atoms with Crippen molar-refractivity contribution in [1.82, 2.24) is 20.6 Å². The summed E-state index contributed by atoms with van der Waals surface area (Å²) in [4.78, 5) is 20.5. The number of urea groups is 1. The first-order valence-corrected chi connectivity index (χ1v) is 8.63. The Morgan fingerprint density at radius 1 is 1.30 bits per heavy atom. The highest BCUT2D eigenvalue weighted by Crippen LogP contribution is 2.23. The maximum atomic E-state index is 11.9. The Balaban J connectivity index is 1.76. The molecule has 6 heteroatoms. The third kappa shape index (κ3) is 5.32. The quantitative estimate of drug-likeness (QED) is 0.881. The van der Waals surface area contributed by atoms with Gasteiger partial charge >= 0.3 is 6.03 Å². The lowest BCUT2D eigenvalue weighted by molar-refractivity contribution is 0.238. The molecule has 23 heavy (non-hydrogen) atoms. The minimum Gasteiger partial charge on any atom is -0.338 e. The average Bonchev–Trinajstić information content (AvgIpc) is 2.97. The zero-order valence-corrected chi connectivity index (χ0v) is 14.9. The van der Waals surface area contributed by atoms with Crippen LogP contribution in [0, 0.1) is 0 Å². The van der Waals surface area contributed by atoms with Crippen molar-refractivity contribution in [1.29, 1.82) is 0 Å². The Labute approximate surface area is 141 Å². The van der Waals surface area contributed by atoms with E-state index in [2.05, 4.69) is 46.8 Å². The molecule has 0 radical (unpaired) electrons. The average molecular weight is 332 g/mol. The molecule has 0 aliphatic rings. The van der Waals surface area contributed by atoms with Crippen LogP contribution in [0.4, 0.5) is 4.79 Å². The van der Waals surface area contributed by atoms with Crippen molar-refractivity contribution in [2.75, 3.05) is 6.54 Å². The summed E-state index contributed by atoms with van der Waals surface area (Å²) < 4.78 is 0. The number of aromatic nitrogens is 2. The van der Waals surface area contributed by atoms with Crippen LogP contribution in [0.5, 0.6) is 0 Å². The predicted molar refractivity (Wildman–Crippen MR) is 93.7 cm³/mol. The van der Waals surface area contributed by atoms with E-state index in [1.807, 2.05) is 19.1 Å². The molecule has 0 unspecified atom stereocenters. The monoisotopic (exact) mass is 332 g/mol. The fourth-order valence-electron chi connectivity index (χ4n) is 2.04. The molecule has 0 aromatic carbocycles. The summed E-state index contributed by atoms with van der Waals surface area (Å²) in [6.45, 7) is 8.98. The van der Waals surface area contributed by atoms with Gasteiger partial charge in [0, 0.05) is 36.2 Å². The van der Waals surface area contributed by atoms with E-state index in [4.69, 9.17) is 0 Å². The summed E-state index contributed by atoms with van der Waals surface area (Å²) >= 11 is 1.65. The van der Waals surface area contributed by atoms with Crippen molar-refractivity contribution in [3.63, 3.8) is 0 Å². The van der Waals surface area contributed by atoms with Gasteiger partial charge in [0.25, 0.3) is 0 Å². The van der Waals surface area contributed by atoms with Gasteiger partial charge in [-0.2, -0.15) is 0 Å². The Morgan fingerprint density at radius 2 is 2.00 bits per heavy atom. The first kappa shape index (κ1) is 17.4. The molecule has 1 atom stereocenters. The molecular formula is C17H24N4OS. The van der Waals surface area contributed by atoms with E-state index in [1.54, 1.807) is 23.7 Å². The van der Waals surface area contributed by atoms with E-state index < -0.39 is 0 Å². The lowest BCUT2D eigenvalue weighted by atomic mass is 9.93. The van der Waals surface area contributed by atoms with Gasteiger partial charge in [0.05, 0.1) is 16.7 Å². The summed E-state index contributed by atoms with van der Waals surface area (Å²) in [7, 11) is 0. The molecule has 0 aliphatic heterocycles. The third-order valence-electron chi connectivity index (χ3n) is 3.50. The molecular weight excluding hydrogens is 308 g/mol. The van der Waals surface area contributed by atoms with Crippen LogP contribution >= 0.6 is 11.3 Å². The fraction of sp³-hybridized carbons (Fsp3) is 0.471. The standard InChI is InChI=1S/C17H24N4OS/c1-12(13-5-8-18-9-6-13)20-16(22)19-10-7-15-21-14(11-23-15)17(2,3)4/h5-6,8-9,11-12H,7,10H2,1-4H3,(H2,19,20,22)/t12-/m1/s1. The minimum atomic E-state index is -0.165. The van der Waals surface area contributed by atoms with Crippen molar-refractivity contribution in [3.05, 3.63) is 46.2 Å². The molecule has 0 saturated heterocycles. The van der Waals surface area contributed by atoms with Crippen molar-refractivity contribution in [3.8, 4) is 0 Å². The van der Waals surface area contributed by atoms with Crippen LogP contribution < -0.4 is 10.6 Å². The van der Waals surface area contributed by atoms with Crippen LogP contribution in [-0.2, 0) is 11.8 Å². The van der Waals surface area contributed by atoms with Gasteiger partial charge in [0.1, 0.15) is 0 Å². The molecule has 0 saturated carbocycles. The summed E-state index contributed by atoms with van der Waals surface area (Å²) in [5.74, 6) is 0. The number of hydrogen-bond acceptors (Lipinski definition) is 4. The molecule has 5 nitrogen and oxygen atoms in total. The molecule has 0 fully saturated rings. The van der Waals surface area contributed by atoms with Crippen LogP contribution in [0.15, 0.2) is 29.9 Å². The topological polar surface area (TPSA) is 66.9 Å². The summed E-state index contributed by atoms with van der Waals surface area (Å²) in [5, 5.41) is 8.95.